The number of likely N-dealkylation sites (tertiary alicyclic amines) is 1. The second kappa shape index (κ2) is 7.77. The van der Waals surface area contributed by atoms with Crippen LogP contribution in [0, 0.1) is 17.8 Å². The summed E-state index contributed by atoms with van der Waals surface area (Å²) in [4.78, 5) is 14.3. The van der Waals surface area contributed by atoms with Crippen LogP contribution in [0.5, 0.6) is 0 Å². The van der Waals surface area contributed by atoms with Gasteiger partial charge in [-0.15, -0.1) is 0 Å². The molecule has 0 saturated carbocycles. The molecule has 1 aromatic carbocycles. The zero-order chi connectivity index (χ0) is 16.1. The van der Waals surface area contributed by atoms with Crippen LogP contribution in [-0.4, -0.2) is 23.9 Å². The molecule has 1 fully saturated rings. The van der Waals surface area contributed by atoms with Gasteiger partial charge in [0.05, 0.1) is 0 Å². The molecular formula is C19H30N2O. The maximum absolute atomic E-state index is 11.8. The lowest BCUT2D eigenvalue weighted by Gasteiger charge is -2.35. The highest BCUT2D eigenvalue weighted by atomic mass is 16.1. The van der Waals surface area contributed by atoms with Crippen LogP contribution in [0.4, 0.5) is 0 Å². The summed E-state index contributed by atoms with van der Waals surface area (Å²) in [6.07, 6.45) is 1.34. The Morgan fingerprint density at radius 2 is 1.77 bits per heavy atom. The molecule has 2 unspecified atom stereocenters. The molecule has 0 aromatic heterocycles. The van der Waals surface area contributed by atoms with Crippen molar-refractivity contribution in [2.24, 2.45) is 17.8 Å². The largest absolute Gasteiger partial charge is 0.352 e. The third-order valence-electron chi connectivity index (χ3n) is 4.43. The molecule has 0 spiro atoms. The third-order valence-corrected chi connectivity index (χ3v) is 4.43. The third kappa shape index (κ3) is 4.84. The fourth-order valence-corrected chi connectivity index (χ4v) is 3.43. The van der Waals surface area contributed by atoms with Crippen LogP contribution >= 0.6 is 0 Å². The van der Waals surface area contributed by atoms with Crippen LogP contribution in [0.3, 0.4) is 0 Å². The van der Waals surface area contributed by atoms with Crippen LogP contribution in [0.25, 0.3) is 0 Å². The number of amides is 1. The summed E-state index contributed by atoms with van der Waals surface area (Å²) in [6.45, 7) is 12.5. The Morgan fingerprint density at radius 1 is 1.18 bits per heavy atom. The molecule has 122 valence electrons. The Morgan fingerprint density at radius 3 is 2.36 bits per heavy atom. The topological polar surface area (TPSA) is 32.3 Å². The molecule has 1 aliphatic heterocycles. The molecule has 1 heterocycles. The average molecular weight is 302 g/mol. The fourth-order valence-electron chi connectivity index (χ4n) is 3.43. The normalized spacial score (nSPS) is 22.8. The van der Waals surface area contributed by atoms with E-state index in [1.807, 2.05) is 13.8 Å². The summed E-state index contributed by atoms with van der Waals surface area (Å²) in [5.74, 6) is 1.71. The molecule has 1 N–H and O–H groups in total. The van der Waals surface area contributed by atoms with Gasteiger partial charge in [-0.3, -0.25) is 9.69 Å². The van der Waals surface area contributed by atoms with E-state index in [2.05, 4.69) is 48.3 Å². The van der Waals surface area contributed by atoms with Crippen molar-refractivity contribution in [3.8, 4) is 0 Å². The van der Waals surface area contributed by atoms with Crippen molar-refractivity contribution in [1.82, 2.24) is 10.2 Å². The minimum Gasteiger partial charge on any atom is -0.352 e. The quantitative estimate of drug-likeness (QED) is 0.903. The smallest absolute Gasteiger partial charge is 0.222 e. The van der Waals surface area contributed by atoms with E-state index >= 15 is 0 Å². The number of nitrogens with one attached hydrogen (secondary N) is 1. The summed E-state index contributed by atoms with van der Waals surface area (Å²) in [6, 6.07) is 8.48. The lowest BCUT2D eigenvalue weighted by Crippen LogP contribution is -2.38. The van der Waals surface area contributed by atoms with Crippen molar-refractivity contribution < 1.29 is 4.79 Å². The average Bonchev–Trinajstić information content (AvgIpc) is 2.44. The molecule has 1 saturated heterocycles. The van der Waals surface area contributed by atoms with E-state index in [0.29, 0.717) is 6.54 Å². The minimum atomic E-state index is 0.0379. The second-order valence-corrected chi connectivity index (χ2v) is 7.28. The summed E-state index contributed by atoms with van der Waals surface area (Å²) < 4.78 is 0. The highest BCUT2D eigenvalue weighted by Crippen LogP contribution is 2.23. The van der Waals surface area contributed by atoms with Gasteiger partial charge in [-0.2, -0.15) is 0 Å². The van der Waals surface area contributed by atoms with Crippen molar-refractivity contribution in [1.29, 1.82) is 0 Å². The Bertz CT molecular complexity index is 488. The molecule has 0 aliphatic carbocycles. The van der Waals surface area contributed by atoms with Crippen LogP contribution < -0.4 is 5.32 Å². The lowest BCUT2D eigenvalue weighted by atomic mass is 9.91. The Labute approximate surface area is 135 Å². The van der Waals surface area contributed by atoms with Crippen LogP contribution in [0.2, 0.25) is 0 Å². The monoisotopic (exact) mass is 302 g/mol. The van der Waals surface area contributed by atoms with Gasteiger partial charge < -0.3 is 5.32 Å². The van der Waals surface area contributed by atoms with E-state index in [1.165, 1.54) is 30.6 Å². The first-order chi connectivity index (χ1) is 10.5. The standard InChI is InChI=1S/C19H30N2O/c1-14(2)19(22)20-10-17-7-5-6-8-18(17)13-21-11-15(3)9-16(4)12-21/h5-8,14-16H,9-13H2,1-4H3,(H,20,22). The maximum atomic E-state index is 11.8. The number of carbonyl (C=O) groups excluding carboxylic acids is 1. The highest BCUT2D eigenvalue weighted by molar-refractivity contribution is 5.77. The van der Waals surface area contributed by atoms with E-state index in [1.54, 1.807) is 0 Å². The number of hydrogen-bond acceptors (Lipinski definition) is 2. The van der Waals surface area contributed by atoms with Gasteiger partial charge in [0.2, 0.25) is 5.91 Å². The van der Waals surface area contributed by atoms with Crippen molar-refractivity contribution >= 4 is 5.91 Å². The first-order valence-electron chi connectivity index (χ1n) is 8.52. The fraction of sp³-hybridized carbons (Fsp3) is 0.632. The van der Waals surface area contributed by atoms with Gasteiger partial charge in [0.25, 0.3) is 0 Å². The predicted octanol–water partition coefficient (Wildman–Crippen LogP) is 3.44. The highest BCUT2D eigenvalue weighted by Gasteiger charge is 2.22. The number of nitrogens with zero attached hydrogens (tertiary/aromatic N) is 1. The Kier molecular flexibility index (Phi) is 6.01. The number of hydrogen-bond donors (Lipinski definition) is 1. The second-order valence-electron chi connectivity index (χ2n) is 7.28. The van der Waals surface area contributed by atoms with Gasteiger partial charge in [-0.05, 0) is 29.4 Å². The molecule has 2 atom stereocenters. The van der Waals surface area contributed by atoms with Crippen molar-refractivity contribution in [2.75, 3.05) is 13.1 Å². The van der Waals surface area contributed by atoms with Crippen molar-refractivity contribution in [3.05, 3.63) is 35.4 Å². The van der Waals surface area contributed by atoms with Crippen LogP contribution in [0.15, 0.2) is 24.3 Å². The predicted molar refractivity (Wildman–Crippen MR) is 91.3 cm³/mol. The van der Waals surface area contributed by atoms with Crippen LogP contribution in [0.1, 0.15) is 45.2 Å². The van der Waals surface area contributed by atoms with E-state index in [9.17, 15) is 4.79 Å². The first-order valence-corrected chi connectivity index (χ1v) is 8.52. The Balaban J connectivity index is 2.00. The van der Waals surface area contributed by atoms with E-state index in [4.69, 9.17) is 0 Å². The maximum Gasteiger partial charge on any atom is 0.222 e. The first kappa shape index (κ1) is 17.0. The zero-order valence-corrected chi connectivity index (χ0v) is 14.4. The van der Waals surface area contributed by atoms with Crippen molar-refractivity contribution in [2.45, 2.75) is 47.2 Å². The van der Waals surface area contributed by atoms with Gasteiger partial charge in [0.1, 0.15) is 0 Å². The number of piperidine rings is 1. The molecule has 1 aromatic rings. The van der Waals surface area contributed by atoms with E-state index < -0.39 is 0 Å². The van der Waals surface area contributed by atoms with Gasteiger partial charge in [-0.1, -0.05) is 52.0 Å². The molecule has 1 aliphatic rings. The minimum absolute atomic E-state index is 0.0379. The summed E-state index contributed by atoms with van der Waals surface area (Å²) in [7, 11) is 0. The van der Waals surface area contributed by atoms with Gasteiger partial charge in [0.15, 0.2) is 0 Å². The Hall–Kier alpha value is -1.35. The van der Waals surface area contributed by atoms with Gasteiger partial charge >= 0.3 is 0 Å². The number of benzene rings is 1. The van der Waals surface area contributed by atoms with E-state index in [-0.39, 0.29) is 11.8 Å². The lowest BCUT2D eigenvalue weighted by molar-refractivity contribution is -0.124. The molecule has 0 bridgehead atoms. The van der Waals surface area contributed by atoms with Crippen molar-refractivity contribution in [3.63, 3.8) is 0 Å². The molecule has 22 heavy (non-hydrogen) atoms. The summed E-state index contributed by atoms with van der Waals surface area (Å²) in [5, 5.41) is 3.04. The molecule has 3 heteroatoms. The summed E-state index contributed by atoms with van der Waals surface area (Å²) in [5.41, 5.74) is 2.58. The molecule has 3 nitrogen and oxygen atoms in total. The molecular weight excluding hydrogens is 272 g/mol. The van der Waals surface area contributed by atoms with E-state index in [0.717, 1.165) is 18.4 Å². The van der Waals surface area contributed by atoms with Gasteiger partial charge in [0, 0.05) is 32.1 Å². The number of carbonyl (C=O) groups is 1. The molecule has 1 amide bonds. The molecule has 0 radical (unpaired) electrons. The van der Waals surface area contributed by atoms with Crippen LogP contribution in [-0.2, 0) is 17.9 Å². The number of rotatable bonds is 5. The zero-order valence-electron chi connectivity index (χ0n) is 14.4. The summed E-state index contributed by atoms with van der Waals surface area (Å²) >= 11 is 0. The molecule has 2 rings (SSSR count). The SMILES string of the molecule is CC1CC(C)CN(Cc2ccccc2CNC(=O)C(C)C)C1. The van der Waals surface area contributed by atoms with Gasteiger partial charge in [-0.25, -0.2) is 0 Å².